The van der Waals surface area contributed by atoms with Crippen LogP contribution in [-0.4, -0.2) is 31.6 Å². The third-order valence-electron chi connectivity index (χ3n) is 3.18. The lowest BCUT2D eigenvalue weighted by molar-refractivity contribution is 0.239. The molecule has 0 radical (unpaired) electrons. The first-order chi connectivity index (χ1) is 9.74. The molecule has 0 aliphatic heterocycles. The van der Waals surface area contributed by atoms with E-state index in [4.69, 9.17) is 4.74 Å². The molecule has 2 aromatic rings. The molecule has 0 heterocycles. The highest BCUT2D eigenvalue weighted by Gasteiger charge is 2.00. The summed E-state index contributed by atoms with van der Waals surface area (Å²) in [6, 6.07) is 18.5. The fourth-order valence-electron chi connectivity index (χ4n) is 1.93. The first-order valence-corrected chi connectivity index (χ1v) is 7.64. The Balaban J connectivity index is 1.65. The van der Waals surface area contributed by atoms with E-state index in [1.807, 2.05) is 24.3 Å². The topological polar surface area (TPSA) is 12.5 Å². The number of hydrogen-bond acceptors (Lipinski definition) is 2. The molecule has 0 fully saturated rings. The lowest BCUT2D eigenvalue weighted by atomic mass is 10.1. The van der Waals surface area contributed by atoms with Crippen LogP contribution in [0.4, 0.5) is 0 Å². The summed E-state index contributed by atoms with van der Waals surface area (Å²) in [4.78, 5) is 2.30. The predicted octanol–water partition coefficient (Wildman–Crippen LogP) is 4.00. The van der Waals surface area contributed by atoms with E-state index in [1.165, 1.54) is 5.56 Å². The normalized spacial score (nSPS) is 10.8. The van der Waals surface area contributed by atoms with Crippen molar-refractivity contribution in [3.63, 3.8) is 0 Å². The van der Waals surface area contributed by atoms with Crippen LogP contribution < -0.4 is 4.74 Å². The quantitative estimate of drug-likeness (QED) is 0.759. The Morgan fingerprint density at radius 3 is 2.35 bits per heavy atom. The molecule has 0 saturated heterocycles. The van der Waals surface area contributed by atoms with Crippen molar-refractivity contribution in [2.45, 2.75) is 6.42 Å². The van der Waals surface area contributed by atoms with E-state index in [2.05, 4.69) is 58.2 Å². The molecule has 0 aliphatic rings. The molecule has 0 atom stereocenters. The lowest BCUT2D eigenvalue weighted by Crippen LogP contribution is -2.26. The molecule has 20 heavy (non-hydrogen) atoms. The summed E-state index contributed by atoms with van der Waals surface area (Å²) in [5, 5.41) is 0. The van der Waals surface area contributed by atoms with Crippen LogP contribution in [-0.2, 0) is 6.42 Å². The first-order valence-electron chi connectivity index (χ1n) is 6.85. The molecular formula is C17H20BrNO. The number of ether oxygens (including phenoxy) is 1. The number of benzene rings is 2. The van der Waals surface area contributed by atoms with Gasteiger partial charge in [0, 0.05) is 17.6 Å². The minimum absolute atomic E-state index is 0.715. The monoisotopic (exact) mass is 333 g/mol. The molecule has 2 aromatic carbocycles. The summed E-state index contributed by atoms with van der Waals surface area (Å²) in [7, 11) is 2.13. The maximum Gasteiger partial charge on any atom is 0.119 e. The van der Waals surface area contributed by atoms with Crippen LogP contribution in [0, 0.1) is 0 Å². The second-order valence-corrected chi connectivity index (χ2v) is 5.76. The molecule has 3 heteroatoms. The Bertz CT molecular complexity index is 498. The molecular weight excluding hydrogens is 314 g/mol. The van der Waals surface area contributed by atoms with Gasteiger partial charge in [-0.3, -0.25) is 0 Å². The summed E-state index contributed by atoms with van der Waals surface area (Å²) in [6.07, 6.45) is 1.08. The highest BCUT2D eigenvalue weighted by Crippen LogP contribution is 2.15. The van der Waals surface area contributed by atoms with Gasteiger partial charge in [-0.25, -0.2) is 0 Å². The fraction of sp³-hybridized carbons (Fsp3) is 0.294. The van der Waals surface area contributed by atoms with Gasteiger partial charge in [0.25, 0.3) is 0 Å². The molecule has 0 saturated carbocycles. The highest BCUT2D eigenvalue weighted by atomic mass is 79.9. The van der Waals surface area contributed by atoms with Crippen LogP contribution in [0.1, 0.15) is 5.56 Å². The van der Waals surface area contributed by atoms with Crippen molar-refractivity contribution in [3.8, 4) is 5.75 Å². The number of likely N-dealkylation sites (N-methyl/N-ethyl adjacent to an activating group) is 1. The molecule has 0 unspecified atom stereocenters. The Labute approximate surface area is 129 Å². The van der Waals surface area contributed by atoms with Crippen LogP contribution in [0.15, 0.2) is 59.1 Å². The molecule has 0 aliphatic carbocycles. The predicted molar refractivity (Wildman–Crippen MR) is 87.3 cm³/mol. The summed E-state index contributed by atoms with van der Waals surface area (Å²) in [5.74, 6) is 0.921. The molecule has 0 N–H and O–H groups in total. The van der Waals surface area contributed by atoms with E-state index >= 15 is 0 Å². The van der Waals surface area contributed by atoms with E-state index in [-0.39, 0.29) is 0 Å². The Morgan fingerprint density at radius 2 is 1.65 bits per heavy atom. The second-order valence-electron chi connectivity index (χ2n) is 4.84. The second kappa shape index (κ2) is 8.08. The van der Waals surface area contributed by atoms with E-state index in [0.717, 1.165) is 29.7 Å². The zero-order valence-electron chi connectivity index (χ0n) is 11.8. The van der Waals surface area contributed by atoms with Gasteiger partial charge in [-0.05, 0) is 43.3 Å². The van der Waals surface area contributed by atoms with Crippen LogP contribution >= 0.6 is 15.9 Å². The van der Waals surface area contributed by atoms with E-state index < -0.39 is 0 Å². The average molecular weight is 334 g/mol. The minimum atomic E-state index is 0.715. The van der Waals surface area contributed by atoms with Gasteiger partial charge >= 0.3 is 0 Å². The summed E-state index contributed by atoms with van der Waals surface area (Å²) < 4.78 is 6.80. The number of halogens is 1. The van der Waals surface area contributed by atoms with Gasteiger partial charge in [0.1, 0.15) is 12.4 Å². The average Bonchev–Trinajstić information content (AvgIpc) is 2.48. The van der Waals surface area contributed by atoms with Crippen molar-refractivity contribution in [1.82, 2.24) is 4.90 Å². The lowest BCUT2D eigenvalue weighted by Gasteiger charge is -2.17. The molecule has 0 spiro atoms. The number of hydrogen-bond donors (Lipinski definition) is 0. The smallest absolute Gasteiger partial charge is 0.119 e. The molecule has 2 nitrogen and oxygen atoms in total. The Morgan fingerprint density at radius 1 is 0.950 bits per heavy atom. The number of nitrogens with zero attached hydrogens (tertiary/aromatic N) is 1. The maximum atomic E-state index is 5.72. The largest absolute Gasteiger partial charge is 0.492 e. The van der Waals surface area contributed by atoms with Crippen LogP contribution in [0.5, 0.6) is 5.75 Å². The zero-order chi connectivity index (χ0) is 14.2. The van der Waals surface area contributed by atoms with E-state index in [0.29, 0.717) is 6.61 Å². The summed E-state index contributed by atoms with van der Waals surface area (Å²) in [6.45, 7) is 2.70. The summed E-state index contributed by atoms with van der Waals surface area (Å²) >= 11 is 3.42. The van der Waals surface area contributed by atoms with Crippen LogP contribution in [0.3, 0.4) is 0 Å². The molecule has 0 amide bonds. The standard InChI is InChI=1S/C17H20BrNO/c1-19(12-11-15-5-3-2-4-6-15)13-14-20-17-9-7-16(18)8-10-17/h2-10H,11-14H2,1H3. The SMILES string of the molecule is CN(CCOc1ccc(Br)cc1)CCc1ccccc1. The zero-order valence-corrected chi connectivity index (χ0v) is 13.3. The first kappa shape index (κ1) is 15.1. The van der Waals surface area contributed by atoms with Crippen LogP contribution in [0.2, 0.25) is 0 Å². The van der Waals surface area contributed by atoms with Crippen molar-refractivity contribution in [1.29, 1.82) is 0 Å². The van der Waals surface area contributed by atoms with Crippen molar-refractivity contribution in [2.24, 2.45) is 0 Å². The van der Waals surface area contributed by atoms with Crippen LogP contribution in [0.25, 0.3) is 0 Å². The van der Waals surface area contributed by atoms with E-state index in [1.54, 1.807) is 0 Å². The summed E-state index contributed by atoms with van der Waals surface area (Å²) in [5.41, 5.74) is 1.38. The van der Waals surface area contributed by atoms with Crippen molar-refractivity contribution in [3.05, 3.63) is 64.6 Å². The van der Waals surface area contributed by atoms with Gasteiger partial charge in [0.05, 0.1) is 0 Å². The van der Waals surface area contributed by atoms with E-state index in [9.17, 15) is 0 Å². The minimum Gasteiger partial charge on any atom is -0.492 e. The van der Waals surface area contributed by atoms with Crippen molar-refractivity contribution < 1.29 is 4.74 Å². The Hall–Kier alpha value is -1.32. The maximum absolute atomic E-state index is 5.72. The van der Waals surface area contributed by atoms with Gasteiger partial charge in [0.15, 0.2) is 0 Å². The third kappa shape index (κ3) is 5.35. The molecule has 106 valence electrons. The molecule has 2 rings (SSSR count). The van der Waals surface area contributed by atoms with Crippen molar-refractivity contribution in [2.75, 3.05) is 26.7 Å². The molecule has 0 aromatic heterocycles. The van der Waals surface area contributed by atoms with Gasteiger partial charge in [-0.2, -0.15) is 0 Å². The van der Waals surface area contributed by atoms with Gasteiger partial charge in [-0.15, -0.1) is 0 Å². The molecule has 0 bridgehead atoms. The van der Waals surface area contributed by atoms with Gasteiger partial charge in [-0.1, -0.05) is 46.3 Å². The van der Waals surface area contributed by atoms with Gasteiger partial charge < -0.3 is 9.64 Å². The number of rotatable bonds is 7. The van der Waals surface area contributed by atoms with Crippen molar-refractivity contribution >= 4 is 15.9 Å². The Kier molecular flexibility index (Phi) is 6.09. The third-order valence-corrected chi connectivity index (χ3v) is 3.71. The highest BCUT2D eigenvalue weighted by molar-refractivity contribution is 9.10. The fourth-order valence-corrected chi connectivity index (χ4v) is 2.19. The van der Waals surface area contributed by atoms with Gasteiger partial charge in [0.2, 0.25) is 0 Å².